The summed E-state index contributed by atoms with van der Waals surface area (Å²) in [7, 11) is -9.94. The number of phosphoric ester groups is 2. The smallest absolute Gasteiger partial charge is 0.462 e. The van der Waals surface area contributed by atoms with Crippen LogP contribution in [0.15, 0.2) is 72.9 Å². The first-order chi connectivity index (χ1) is 47.7. The molecule has 0 amide bonds. The van der Waals surface area contributed by atoms with E-state index in [0.29, 0.717) is 25.7 Å². The monoisotopic (exact) mass is 1420 g/mol. The third-order valence-electron chi connectivity index (χ3n) is 16.6. The van der Waals surface area contributed by atoms with E-state index in [9.17, 15) is 43.2 Å². The largest absolute Gasteiger partial charge is 0.472 e. The Morgan fingerprint density at radius 3 is 0.806 bits per heavy atom. The fraction of sp³-hybridized carbons (Fsp3) is 0.797. The van der Waals surface area contributed by atoms with Crippen LogP contribution in [-0.2, 0) is 65.4 Å². The minimum Gasteiger partial charge on any atom is -0.462 e. The standard InChI is InChI=1S/C79H142O17P2/c1-5-9-13-17-21-25-29-32-34-35-36-37-39-42-45-48-52-56-60-64-77(82)89-69-74(95-78(83)65-61-57-53-49-43-28-24-20-16-12-8-4)71-93-97(85,86)91-67-73(80)68-92-98(87,88)94-72-75(96-79(84)66-62-58-54-50-46-40-31-27-23-19-15-11-7-3)70-90-76(81)63-59-55-51-47-44-41-38-33-30-26-22-18-14-10-6-2/h21-22,25-27,31-34,36-38,73-75,80H,5-20,23-24,28-30,35,39-72H2,1-4H3,(H,85,86)(H,87,88)/b25-21-,26-22-,31-27-,34-32-,37-36-,38-33-. The number of esters is 4. The van der Waals surface area contributed by atoms with Crippen molar-refractivity contribution >= 4 is 39.5 Å². The molecule has 19 heteroatoms. The average molecular weight is 1430 g/mol. The lowest BCUT2D eigenvalue weighted by molar-refractivity contribution is -0.161. The summed E-state index contributed by atoms with van der Waals surface area (Å²) in [5.74, 6) is -2.19. The number of aliphatic hydroxyl groups is 1. The van der Waals surface area contributed by atoms with Gasteiger partial charge in [0.1, 0.15) is 19.3 Å². The van der Waals surface area contributed by atoms with E-state index in [2.05, 4.69) is 101 Å². The molecular weight excluding hydrogens is 1280 g/mol. The van der Waals surface area contributed by atoms with Crippen LogP contribution in [-0.4, -0.2) is 96.7 Å². The second kappa shape index (κ2) is 71.9. The molecular formula is C79H142O17P2. The van der Waals surface area contributed by atoms with Crippen molar-refractivity contribution in [3.8, 4) is 0 Å². The molecule has 0 bridgehead atoms. The Labute approximate surface area is 596 Å². The molecule has 0 saturated heterocycles. The molecule has 3 N–H and O–H groups in total. The number of carbonyl (C=O) groups is 4. The van der Waals surface area contributed by atoms with Gasteiger partial charge in [0, 0.05) is 25.7 Å². The summed E-state index contributed by atoms with van der Waals surface area (Å²) in [6, 6.07) is 0. The third kappa shape index (κ3) is 70.9. The summed E-state index contributed by atoms with van der Waals surface area (Å²) >= 11 is 0. The lowest BCUT2D eigenvalue weighted by atomic mass is 10.1. The Morgan fingerprint density at radius 1 is 0.286 bits per heavy atom. The van der Waals surface area contributed by atoms with Crippen molar-refractivity contribution in [3.63, 3.8) is 0 Å². The van der Waals surface area contributed by atoms with Crippen LogP contribution in [0.4, 0.5) is 0 Å². The Kier molecular flexibility index (Phi) is 69.3. The molecule has 5 unspecified atom stereocenters. The Hall–Kier alpha value is -3.50. The number of aliphatic hydroxyl groups excluding tert-OH is 1. The van der Waals surface area contributed by atoms with Gasteiger partial charge in [-0.05, 0) is 122 Å². The normalized spacial score (nSPS) is 14.3. The number of hydrogen-bond acceptors (Lipinski definition) is 15. The summed E-state index contributed by atoms with van der Waals surface area (Å²) in [5.41, 5.74) is 0. The highest BCUT2D eigenvalue weighted by atomic mass is 31.2. The average Bonchev–Trinajstić information content (AvgIpc) is 1.00. The third-order valence-corrected chi connectivity index (χ3v) is 18.5. The minimum absolute atomic E-state index is 0.0846. The van der Waals surface area contributed by atoms with Gasteiger partial charge in [-0.25, -0.2) is 9.13 Å². The van der Waals surface area contributed by atoms with Crippen molar-refractivity contribution in [3.05, 3.63) is 72.9 Å². The number of allylic oxidation sites excluding steroid dienone is 12. The summed E-state index contributed by atoms with van der Waals surface area (Å²) in [6.45, 7) is 4.80. The summed E-state index contributed by atoms with van der Waals surface area (Å²) in [5, 5.41) is 10.6. The topological polar surface area (TPSA) is 237 Å². The van der Waals surface area contributed by atoms with Gasteiger partial charge < -0.3 is 33.8 Å². The highest BCUT2D eigenvalue weighted by Gasteiger charge is 2.30. The Balaban J connectivity index is 5.30. The van der Waals surface area contributed by atoms with Gasteiger partial charge in [0.05, 0.1) is 26.4 Å². The molecule has 0 aliphatic heterocycles. The Bertz CT molecular complexity index is 2140. The van der Waals surface area contributed by atoms with E-state index in [1.165, 1.54) is 103 Å². The summed E-state index contributed by atoms with van der Waals surface area (Å²) in [6.07, 6.45) is 71.7. The lowest BCUT2D eigenvalue weighted by Gasteiger charge is -2.21. The van der Waals surface area contributed by atoms with E-state index >= 15 is 0 Å². The molecule has 0 heterocycles. The zero-order chi connectivity index (χ0) is 71.8. The molecule has 0 rings (SSSR count). The van der Waals surface area contributed by atoms with Crippen LogP contribution in [0.3, 0.4) is 0 Å². The predicted octanol–water partition coefficient (Wildman–Crippen LogP) is 22.4. The minimum atomic E-state index is -4.97. The first-order valence-electron chi connectivity index (χ1n) is 39.2. The maximum absolute atomic E-state index is 13.1. The highest BCUT2D eigenvalue weighted by Crippen LogP contribution is 2.45. The van der Waals surface area contributed by atoms with Crippen molar-refractivity contribution in [1.29, 1.82) is 0 Å². The van der Waals surface area contributed by atoms with Crippen LogP contribution in [0, 0.1) is 0 Å². The van der Waals surface area contributed by atoms with Crippen LogP contribution in [0.1, 0.15) is 349 Å². The SMILES string of the molecule is CCCCC/C=C\C/C=C\C/C=C\CCCCCCCCC(=O)OCC(COP(=O)(O)OCC(O)COP(=O)(O)OCC(COC(=O)CCCCCCC/C=C\C/C=C\CCCCC)OC(=O)CCCCCCC/C=C\CCCCCC)OC(=O)CCCCCCCCCCCCC. The summed E-state index contributed by atoms with van der Waals surface area (Å²) in [4.78, 5) is 72.8. The van der Waals surface area contributed by atoms with E-state index in [1.54, 1.807) is 0 Å². The predicted molar refractivity (Wildman–Crippen MR) is 400 cm³/mol. The molecule has 0 aliphatic carbocycles. The molecule has 0 aromatic carbocycles. The van der Waals surface area contributed by atoms with E-state index in [-0.39, 0.29) is 25.7 Å². The number of phosphoric acid groups is 2. The van der Waals surface area contributed by atoms with E-state index in [1.807, 2.05) is 0 Å². The van der Waals surface area contributed by atoms with Crippen molar-refractivity contribution in [2.24, 2.45) is 0 Å². The number of unbranched alkanes of at least 4 members (excludes halogenated alkanes) is 36. The number of carbonyl (C=O) groups excluding carboxylic acids is 4. The quantitative estimate of drug-likeness (QED) is 0.0169. The molecule has 17 nitrogen and oxygen atoms in total. The van der Waals surface area contributed by atoms with E-state index < -0.39 is 97.5 Å². The highest BCUT2D eigenvalue weighted by molar-refractivity contribution is 7.47. The van der Waals surface area contributed by atoms with Crippen molar-refractivity contribution in [2.75, 3.05) is 39.6 Å². The zero-order valence-electron chi connectivity index (χ0n) is 62.2. The number of rotatable bonds is 74. The fourth-order valence-electron chi connectivity index (χ4n) is 10.6. The molecule has 0 fully saturated rings. The first-order valence-corrected chi connectivity index (χ1v) is 42.2. The molecule has 0 aromatic heterocycles. The molecule has 570 valence electrons. The maximum atomic E-state index is 13.1. The van der Waals surface area contributed by atoms with Gasteiger partial charge in [0.25, 0.3) is 0 Å². The van der Waals surface area contributed by atoms with Gasteiger partial charge in [-0.15, -0.1) is 0 Å². The van der Waals surface area contributed by atoms with E-state index in [0.717, 1.165) is 167 Å². The van der Waals surface area contributed by atoms with Crippen molar-refractivity contribution in [1.82, 2.24) is 0 Å². The molecule has 0 saturated carbocycles. The van der Waals surface area contributed by atoms with Crippen LogP contribution in [0.5, 0.6) is 0 Å². The number of ether oxygens (including phenoxy) is 4. The molecule has 98 heavy (non-hydrogen) atoms. The van der Waals surface area contributed by atoms with Crippen LogP contribution < -0.4 is 0 Å². The lowest BCUT2D eigenvalue weighted by Crippen LogP contribution is -2.30. The van der Waals surface area contributed by atoms with Crippen LogP contribution >= 0.6 is 15.6 Å². The Morgan fingerprint density at radius 2 is 0.500 bits per heavy atom. The second-order valence-corrected chi connectivity index (χ2v) is 29.2. The van der Waals surface area contributed by atoms with Gasteiger partial charge in [-0.1, -0.05) is 274 Å². The molecule has 5 atom stereocenters. The fourth-order valence-corrected chi connectivity index (χ4v) is 12.2. The van der Waals surface area contributed by atoms with Crippen LogP contribution in [0.2, 0.25) is 0 Å². The van der Waals surface area contributed by atoms with Crippen LogP contribution in [0.25, 0.3) is 0 Å². The van der Waals surface area contributed by atoms with Crippen molar-refractivity contribution < 1.29 is 80.2 Å². The second-order valence-electron chi connectivity index (χ2n) is 26.3. The van der Waals surface area contributed by atoms with Gasteiger partial charge in [-0.3, -0.25) is 37.3 Å². The van der Waals surface area contributed by atoms with Gasteiger partial charge in [0.15, 0.2) is 12.2 Å². The molecule has 0 aliphatic rings. The van der Waals surface area contributed by atoms with Gasteiger partial charge in [0.2, 0.25) is 0 Å². The van der Waals surface area contributed by atoms with Gasteiger partial charge in [-0.2, -0.15) is 0 Å². The van der Waals surface area contributed by atoms with E-state index in [4.69, 9.17) is 37.0 Å². The maximum Gasteiger partial charge on any atom is 0.472 e. The number of hydrogen-bond donors (Lipinski definition) is 3. The van der Waals surface area contributed by atoms with Gasteiger partial charge >= 0.3 is 39.5 Å². The zero-order valence-corrected chi connectivity index (χ0v) is 64.0. The molecule has 0 spiro atoms. The first kappa shape index (κ1) is 94.5. The van der Waals surface area contributed by atoms with Crippen molar-refractivity contribution in [2.45, 2.75) is 367 Å². The summed E-state index contributed by atoms with van der Waals surface area (Å²) < 4.78 is 68.5. The molecule has 0 radical (unpaired) electrons. The molecule has 0 aromatic rings.